The summed E-state index contributed by atoms with van der Waals surface area (Å²) in [6.45, 7) is 2.04. The van der Waals surface area contributed by atoms with Crippen LogP contribution in [0.3, 0.4) is 0 Å². The molecule has 1 aromatic carbocycles. The molecule has 6 nitrogen and oxygen atoms in total. The van der Waals surface area contributed by atoms with Crippen LogP contribution in [-0.4, -0.2) is 64.9 Å². The number of hydrogen-bond acceptors (Lipinski definition) is 4. The van der Waals surface area contributed by atoms with E-state index >= 15 is 0 Å². The van der Waals surface area contributed by atoms with Gasteiger partial charge in [-0.05, 0) is 49.8 Å². The summed E-state index contributed by atoms with van der Waals surface area (Å²) in [6, 6.07) is 6.42. The molecule has 8 heteroatoms. The van der Waals surface area contributed by atoms with Crippen LogP contribution >= 0.6 is 7.37 Å². The van der Waals surface area contributed by atoms with Crippen LogP contribution in [0.2, 0.25) is 0 Å². The summed E-state index contributed by atoms with van der Waals surface area (Å²) in [6.07, 6.45) is 6.06. The number of carbonyl (C=O) groups is 1. The van der Waals surface area contributed by atoms with E-state index in [1.54, 1.807) is 12.1 Å². The minimum absolute atomic E-state index is 0. The van der Waals surface area contributed by atoms with Gasteiger partial charge in [-0.3, -0.25) is 4.57 Å². The number of aromatic carboxylic acids is 1. The van der Waals surface area contributed by atoms with Crippen LogP contribution in [0.4, 0.5) is 0 Å². The van der Waals surface area contributed by atoms with Crippen molar-refractivity contribution >= 4 is 32.2 Å². The van der Waals surface area contributed by atoms with Crippen molar-refractivity contribution in [2.24, 2.45) is 5.92 Å². The maximum absolute atomic E-state index is 12.4. The number of carboxylic acids is 1. The Labute approximate surface area is 172 Å². The molecule has 1 aromatic rings. The van der Waals surface area contributed by atoms with Crippen LogP contribution in [-0.2, 0) is 4.57 Å². The van der Waals surface area contributed by atoms with Crippen molar-refractivity contribution in [3.63, 3.8) is 0 Å². The summed E-state index contributed by atoms with van der Waals surface area (Å²) in [5, 5.41) is 22.3. The summed E-state index contributed by atoms with van der Waals surface area (Å²) >= 11 is 0. The van der Waals surface area contributed by atoms with E-state index in [4.69, 9.17) is 5.11 Å². The van der Waals surface area contributed by atoms with E-state index < -0.39 is 19.4 Å². The average Bonchev–Trinajstić information content (AvgIpc) is 2.59. The van der Waals surface area contributed by atoms with Gasteiger partial charge in [-0.2, -0.15) is 0 Å². The van der Waals surface area contributed by atoms with Crippen LogP contribution < -0.4 is 5.32 Å². The molecule has 27 heavy (non-hydrogen) atoms. The topological polar surface area (TPSA) is 107 Å². The van der Waals surface area contributed by atoms with E-state index in [2.05, 4.69) is 17.5 Å². The van der Waals surface area contributed by atoms with Gasteiger partial charge in [0.1, 0.15) is 0 Å². The molecule has 0 amide bonds. The minimum atomic E-state index is -3.37. The molecule has 146 valence electrons. The predicted molar refractivity (Wildman–Crippen MR) is 109 cm³/mol. The van der Waals surface area contributed by atoms with Gasteiger partial charge in [0.2, 0.25) is 7.37 Å². The Hall–Kier alpha value is -0.863. The van der Waals surface area contributed by atoms with Gasteiger partial charge in [0.15, 0.2) is 0 Å². The summed E-state index contributed by atoms with van der Waals surface area (Å²) in [7, 11) is -3.37. The Morgan fingerprint density at radius 1 is 1.37 bits per heavy atom. The fourth-order valence-corrected chi connectivity index (χ4v) is 5.34. The summed E-state index contributed by atoms with van der Waals surface area (Å²) in [4.78, 5) is 21.2. The van der Waals surface area contributed by atoms with Gasteiger partial charge in [0.25, 0.3) is 0 Å². The molecule has 0 fully saturated rings. The molecule has 0 saturated heterocycles. The molecule has 0 saturated carbocycles. The first kappa shape index (κ1) is 24.2. The zero-order chi connectivity index (χ0) is 19.2. The first-order valence-corrected chi connectivity index (χ1v) is 11.0. The Bertz CT molecular complexity index is 696. The van der Waals surface area contributed by atoms with E-state index in [0.29, 0.717) is 0 Å². The molecule has 0 aliphatic heterocycles. The van der Waals surface area contributed by atoms with Crippen molar-refractivity contribution in [2.45, 2.75) is 38.3 Å². The van der Waals surface area contributed by atoms with Crippen molar-refractivity contribution in [1.29, 1.82) is 0 Å². The summed E-state index contributed by atoms with van der Waals surface area (Å²) < 4.78 is 12.4. The second kappa shape index (κ2) is 11.2. The molecule has 1 aliphatic carbocycles. The molecule has 1 aliphatic rings. The molecular weight excluding hydrogens is 360 g/mol. The molecule has 0 radical (unpaired) electrons. The van der Waals surface area contributed by atoms with Gasteiger partial charge in [-0.1, -0.05) is 24.3 Å². The quantitative estimate of drug-likeness (QED) is 0.294. The molecule has 4 N–H and O–H groups in total. The number of aliphatic hydroxyl groups is 1. The van der Waals surface area contributed by atoms with E-state index in [1.165, 1.54) is 6.07 Å². The number of aliphatic hydroxyl groups excluding tert-OH is 1. The van der Waals surface area contributed by atoms with Gasteiger partial charge in [-0.15, -0.1) is 0 Å². The van der Waals surface area contributed by atoms with Gasteiger partial charge in [0, 0.05) is 18.7 Å². The molecule has 0 aromatic heterocycles. The number of rotatable bonds is 9. The van der Waals surface area contributed by atoms with E-state index in [1.807, 2.05) is 13.0 Å². The number of allylic oxidation sites excluding steroid dienone is 2. The van der Waals surface area contributed by atoms with Gasteiger partial charge < -0.3 is 20.4 Å². The predicted octanol–water partition coefficient (Wildman–Crippen LogP) is 2.37. The summed E-state index contributed by atoms with van der Waals surface area (Å²) in [5.74, 6) is -0.772. The van der Waals surface area contributed by atoms with Gasteiger partial charge >= 0.3 is 24.8 Å². The molecule has 2 unspecified atom stereocenters. The maximum atomic E-state index is 12.4. The number of benzene rings is 1. The van der Waals surface area contributed by atoms with Crippen LogP contribution in [0.5, 0.6) is 0 Å². The first-order valence-electron chi connectivity index (χ1n) is 8.97. The zero-order valence-electron chi connectivity index (χ0n) is 15.0. The van der Waals surface area contributed by atoms with E-state index in [-0.39, 0.29) is 55.3 Å². The van der Waals surface area contributed by atoms with Gasteiger partial charge in [0.05, 0.1) is 17.8 Å². The molecule has 0 spiro atoms. The summed E-state index contributed by atoms with van der Waals surface area (Å²) in [5.41, 5.74) is 0.997. The van der Waals surface area contributed by atoms with Crippen molar-refractivity contribution in [3.8, 4) is 0 Å². The Morgan fingerprint density at radius 2 is 2.11 bits per heavy atom. The standard InChI is InChI=1S/C19H28NO5P.Li.H/c1-14(16-8-5-9-17(10-16)19(22)23)20-11-18(21)13-26(24,25)12-15-6-3-2-4-7-15;;/h2-3,5,8-10,14-15,18,20-21H,4,6-7,11-13H2,1H3,(H,22,23)(H,24,25);;/t14-,15?,18-;;/m1../s1. The number of carboxylic acid groups (broad SMARTS) is 1. The molecule has 2 rings (SSSR count). The second-order valence-electron chi connectivity index (χ2n) is 7.08. The van der Waals surface area contributed by atoms with Crippen LogP contribution in [0, 0.1) is 5.92 Å². The Balaban J connectivity index is 0.00000364. The van der Waals surface area contributed by atoms with E-state index in [9.17, 15) is 19.4 Å². The van der Waals surface area contributed by atoms with Crippen molar-refractivity contribution < 1.29 is 24.5 Å². The Kier molecular flexibility index (Phi) is 10.0. The van der Waals surface area contributed by atoms with Crippen LogP contribution in [0.25, 0.3) is 0 Å². The van der Waals surface area contributed by atoms with Crippen LogP contribution in [0.15, 0.2) is 36.4 Å². The van der Waals surface area contributed by atoms with Crippen molar-refractivity contribution in [2.75, 3.05) is 18.9 Å². The molecule has 0 heterocycles. The first-order chi connectivity index (χ1) is 12.3. The van der Waals surface area contributed by atoms with Gasteiger partial charge in [-0.25, -0.2) is 4.79 Å². The second-order valence-corrected chi connectivity index (χ2v) is 9.50. The number of hydrogen-bond donors (Lipinski definition) is 4. The third kappa shape index (κ3) is 8.35. The average molecular weight is 389 g/mol. The fraction of sp³-hybridized carbons (Fsp3) is 0.526. The van der Waals surface area contributed by atoms with Crippen molar-refractivity contribution in [1.82, 2.24) is 5.32 Å². The SMILES string of the molecule is C[C@@H](NC[C@@H](O)CP(=O)(O)CC1CC=CCC1)c1cccc(C(=O)O)c1.[LiH]. The molecule has 0 bridgehead atoms. The fourth-order valence-electron chi connectivity index (χ4n) is 3.27. The normalized spacial score (nSPS) is 20.9. The molecule has 4 atom stereocenters. The molecular formula is C19H29LiNO5P. The third-order valence-electron chi connectivity index (χ3n) is 4.71. The van der Waals surface area contributed by atoms with Crippen LogP contribution in [0.1, 0.15) is 48.1 Å². The monoisotopic (exact) mass is 389 g/mol. The zero-order valence-corrected chi connectivity index (χ0v) is 15.9. The number of nitrogens with one attached hydrogen (secondary N) is 1. The Morgan fingerprint density at radius 3 is 2.74 bits per heavy atom. The van der Waals surface area contributed by atoms with Crippen molar-refractivity contribution in [3.05, 3.63) is 47.5 Å². The van der Waals surface area contributed by atoms with E-state index in [0.717, 1.165) is 24.8 Å². The third-order valence-corrected chi connectivity index (χ3v) is 6.79.